The summed E-state index contributed by atoms with van der Waals surface area (Å²) in [5.41, 5.74) is 2.17. The fourth-order valence-corrected chi connectivity index (χ4v) is 3.10. The third-order valence-electron chi connectivity index (χ3n) is 4.16. The molecule has 0 saturated heterocycles. The summed E-state index contributed by atoms with van der Waals surface area (Å²) in [4.78, 5) is 38.1. The fourth-order valence-electron chi connectivity index (χ4n) is 2.63. The van der Waals surface area contributed by atoms with Crippen molar-refractivity contribution >= 4 is 39.3 Å². The minimum atomic E-state index is -0.348. The number of benzene rings is 2. The zero-order chi connectivity index (χ0) is 20.7. The summed E-state index contributed by atoms with van der Waals surface area (Å²) in [7, 11) is 1.57. The lowest BCUT2D eigenvalue weighted by Crippen LogP contribution is -2.40. The maximum atomic E-state index is 12.4. The highest BCUT2D eigenvalue weighted by molar-refractivity contribution is 9.10. The van der Waals surface area contributed by atoms with Crippen LogP contribution in [0.15, 0.2) is 53.0 Å². The third kappa shape index (κ3) is 6.49. The predicted octanol–water partition coefficient (Wildman–Crippen LogP) is 3.36. The Morgan fingerprint density at radius 2 is 1.79 bits per heavy atom. The van der Waals surface area contributed by atoms with Crippen LogP contribution in [0.3, 0.4) is 0 Å². The van der Waals surface area contributed by atoms with Gasteiger partial charge in [0.25, 0.3) is 5.91 Å². The number of carbonyl (C=O) groups is 3. The number of amides is 3. The second-order valence-corrected chi connectivity index (χ2v) is 7.62. The highest BCUT2D eigenvalue weighted by Crippen LogP contribution is 2.19. The number of halogens is 1. The van der Waals surface area contributed by atoms with Crippen LogP contribution >= 0.6 is 15.9 Å². The average molecular weight is 446 g/mol. The van der Waals surface area contributed by atoms with E-state index in [9.17, 15) is 14.4 Å². The number of aryl methyl sites for hydroxylation is 1. The molecule has 2 aromatic carbocycles. The van der Waals surface area contributed by atoms with Crippen LogP contribution in [0.5, 0.6) is 0 Å². The molecule has 28 heavy (non-hydrogen) atoms. The number of nitrogens with zero attached hydrogens (tertiary/aromatic N) is 1. The van der Waals surface area contributed by atoms with Gasteiger partial charge in [0, 0.05) is 35.2 Å². The molecule has 148 valence electrons. The van der Waals surface area contributed by atoms with Gasteiger partial charge in [-0.15, -0.1) is 0 Å². The Kier molecular flexibility index (Phi) is 7.75. The fraction of sp³-hybridized carbons (Fsp3) is 0.286. The van der Waals surface area contributed by atoms with Gasteiger partial charge in [0.15, 0.2) is 0 Å². The summed E-state index contributed by atoms with van der Waals surface area (Å²) in [6.45, 7) is 3.60. The molecule has 0 aliphatic rings. The van der Waals surface area contributed by atoms with Crippen molar-refractivity contribution < 1.29 is 14.4 Å². The van der Waals surface area contributed by atoms with Crippen LogP contribution in [0.25, 0.3) is 0 Å². The molecular weight excluding hydrogens is 422 g/mol. The first-order chi connectivity index (χ1) is 13.3. The maximum absolute atomic E-state index is 12.4. The van der Waals surface area contributed by atoms with Gasteiger partial charge in [0.2, 0.25) is 11.8 Å². The van der Waals surface area contributed by atoms with E-state index in [1.54, 1.807) is 44.3 Å². The van der Waals surface area contributed by atoms with E-state index in [2.05, 4.69) is 26.6 Å². The molecule has 0 heterocycles. The summed E-state index contributed by atoms with van der Waals surface area (Å²) in [5, 5.41) is 5.60. The van der Waals surface area contributed by atoms with E-state index in [-0.39, 0.29) is 36.7 Å². The first-order valence-corrected chi connectivity index (χ1v) is 9.71. The number of carbonyl (C=O) groups excluding carboxylic acids is 3. The van der Waals surface area contributed by atoms with Crippen LogP contribution < -0.4 is 10.6 Å². The normalized spacial score (nSPS) is 11.4. The summed E-state index contributed by atoms with van der Waals surface area (Å²) in [6.07, 6.45) is 0.111. The van der Waals surface area contributed by atoms with E-state index in [1.165, 1.54) is 4.90 Å². The van der Waals surface area contributed by atoms with Crippen molar-refractivity contribution in [3.05, 3.63) is 64.1 Å². The molecule has 2 N–H and O–H groups in total. The Balaban J connectivity index is 1.82. The van der Waals surface area contributed by atoms with Crippen molar-refractivity contribution in [2.24, 2.45) is 0 Å². The molecule has 0 fully saturated rings. The molecule has 0 radical (unpaired) electrons. The number of nitrogens with one attached hydrogen (secondary N) is 2. The van der Waals surface area contributed by atoms with E-state index in [1.807, 2.05) is 25.1 Å². The lowest BCUT2D eigenvalue weighted by atomic mass is 10.1. The van der Waals surface area contributed by atoms with Crippen molar-refractivity contribution in [3.63, 3.8) is 0 Å². The Hall–Kier alpha value is -2.67. The van der Waals surface area contributed by atoms with Crippen molar-refractivity contribution in [1.82, 2.24) is 10.2 Å². The predicted molar refractivity (Wildman–Crippen MR) is 113 cm³/mol. The van der Waals surface area contributed by atoms with Gasteiger partial charge in [-0.25, -0.2) is 0 Å². The Bertz CT molecular complexity index is 855. The molecule has 0 aliphatic heterocycles. The van der Waals surface area contributed by atoms with Gasteiger partial charge in [-0.05, 0) is 49.7 Å². The SMILES string of the molecule is Cc1cc(Br)ccc1NC(=O)CN(C)C(=O)CC(C)NC(=O)c1ccccc1. The molecule has 2 aromatic rings. The van der Waals surface area contributed by atoms with Crippen LogP contribution in [0, 0.1) is 6.92 Å². The molecule has 2 rings (SSSR count). The molecule has 3 amide bonds. The maximum Gasteiger partial charge on any atom is 0.251 e. The minimum Gasteiger partial charge on any atom is -0.349 e. The van der Waals surface area contributed by atoms with Gasteiger partial charge in [-0.1, -0.05) is 34.1 Å². The van der Waals surface area contributed by atoms with Gasteiger partial charge in [-0.3, -0.25) is 14.4 Å². The molecule has 1 atom stereocenters. The lowest BCUT2D eigenvalue weighted by molar-refractivity contribution is -0.133. The standard InChI is InChI=1S/C21H24BrN3O3/c1-14-11-17(22)9-10-18(14)24-19(26)13-25(3)20(27)12-15(2)23-21(28)16-7-5-4-6-8-16/h4-11,15H,12-13H2,1-3H3,(H,23,28)(H,24,26). The largest absolute Gasteiger partial charge is 0.349 e. The summed E-state index contributed by atoms with van der Waals surface area (Å²) in [6, 6.07) is 14.0. The first-order valence-electron chi connectivity index (χ1n) is 8.92. The quantitative estimate of drug-likeness (QED) is 0.685. The smallest absolute Gasteiger partial charge is 0.251 e. The third-order valence-corrected chi connectivity index (χ3v) is 4.66. The van der Waals surface area contributed by atoms with E-state index >= 15 is 0 Å². The van der Waals surface area contributed by atoms with E-state index in [4.69, 9.17) is 0 Å². The van der Waals surface area contributed by atoms with E-state index < -0.39 is 0 Å². The summed E-state index contributed by atoms with van der Waals surface area (Å²) < 4.78 is 0.932. The van der Waals surface area contributed by atoms with Gasteiger partial charge in [0.1, 0.15) is 0 Å². The second kappa shape index (κ2) is 10.0. The zero-order valence-corrected chi connectivity index (χ0v) is 17.7. The number of anilines is 1. The highest BCUT2D eigenvalue weighted by Gasteiger charge is 2.18. The van der Waals surface area contributed by atoms with Gasteiger partial charge in [0.05, 0.1) is 6.54 Å². The molecule has 7 heteroatoms. The molecule has 0 aliphatic carbocycles. The highest BCUT2D eigenvalue weighted by atomic mass is 79.9. The second-order valence-electron chi connectivity index (χ2n) is 6.70. The number of hydrogen-bond acceptors (Lipinski definition) is 3. The molecular formula is C21H24BrN3O3. The number of rotatable bonds is 7. The first kappa shape index (κ1) is 21.6. The lowest BCUT2D eigenvalue weighted by Gasteiger charge is -2.20. The topological polar surface area (TPSA) is 78.5 Å². The molecule has 6 nitrogen and oxygen atoms in total. The monoisotopic (exact) mass is 445 g/mol. The van der Waals surface area contributed by atoms with Crippen LogP contribution in [0.4, 0.5) is 5.69 Å². The minimum absolute atomic E-state index is 0.0618. The van der Waals surface area contributed by atoms with Gasteiger partial charge >= 0.3 is 0 Å². The van der Waals surface area contributed by atoms with Crippen molar-refractivity contribution in [1.29, 1.82) is 0 Å². The number of likely N-dealkylation sites (N-methyl/N-ethyl adjacent to an activating group) is 1. The van der Waals surface area contributed by atoms with Crippen LogP contribution in [-0.4, -0.2) is 42.3 Å². The Labute approximate surface area is 173 Å². The molecule has 0 aromatic heterocycles. The molecule has 0 bridgehead atoms. The van der Waals surface area contributed by atoms with Crippen molar-refractivity contribution in [3.8, 4) is 0 Å². The van der Waals surface area contributed by atoms with Crippen molar-refractivity contribution in [2.45, 2.75) is 26.3 Å². The molecule has 1 unspecified atom stereocenters. The van der Waals surface area contributed by atoms with E-state index in [0.29, 0.717) is 11.3 Å². The van der Waals surface area contributed by atoms with E-state index in [0.717, 1.165) is 10.0 Å². The van der Waals surface area contributed by atoms with Crippen molar-refractivity contribution in [2.75, 3.05) is 18.9 Å². The van der Waals surface area contributed by atoms with Crippen LogP contribution in [-0.2, 0) is 9.59 Å². The Morgan fingerprint density at radius 3 is 2.43 bits per heavy atom. The zero-order valence-electron chi connectivity index (χ0n) is 16.2. The Morgan fingerprint density at radius 1 is 1.11 bits per heavy atom. The van der Waals surface area contributed by atoms with Gasteiger partial charge < -0.3 is 15.5 Å². The van der Waals surface area contributed by atoms with Crippen LogP contribution in [0.1, 0.15) is 29.3 Å². The van der Waals surface area contributed by atoms with Gasteiger partial charge in [-0.2, -0.15) is 0 Å². The van der Waals surface area contributed by atoms with Crippen LogP contribution in [0.2, 0.25) is 0 Å². The molecule has 0 saturated carbocycles. The summed E-state index contributed by atoms with van der Waals surface area (Å²) >= 11 is 3.38. The average Bonchev–Trinajstić information content (AvgIpc) is 2.64. The number of hydrogen-bond donors (Lipinski definition) is 2. The summed E-state index contributed by atoms with van der Waals surface area (Å²) in [5.74, 6) is -0.724. The molecule has 0 spiro atoms.